The fraction of sp³-hybridized carbons (Fsp3) is 0.438. The molecule has 2 nitrogen and oxygen atoms in total. The smallest absolute Gasteiger partial charge is 0.197 e. The van der Waals surface area contributed by atoms with Gasteiger partial charge in [-0.15, -0.1) is 0 Å². The topological polar surface area (TPSA) is 30.2 Å². The highest BCUT2D eigenvalue weighted by atomic mass is 16.3. The quantitative estimate of drug-likeness (QED) is 0.721. The molecular formula is C16H20O2. The summed E-state index contributed by atoms with van der Waals surface area (Å²) in [6.45, 7) is 10.4. The molecule has 2 aromatic rings. The van der Waals surface area contributed by atoms with Gasteiger partial charge in [-0.1, -0.05) is 39.8 Å². The summed E-state index contributed by atoms with van der Waals surface area (Å²) in [6.07, 6.45) is 0.476. The van der Waals surface area contributed by atoms with E-state index in [-0.39, 0.29) is 11.2 Å². The van der Waals surface area contributed by atoms with Crippen molar-refractivity contribution in [3.63, 3.8) is 0 Å². The number of fused-ring (bicyclic) bond motifs is 1. The standard InChI is InChI=1S/C16H20O2/c1-6-13(17)14-9-11-10(2)7-8-12(15(11)18-14)16(3,4)5/h7-9H,6H2,1-5H3. The van der Waals surface area contributed by atoms with Crippen molar-refractivity contribution >= 4 is 16.8 Å². The number of hydrogen-bond donors (Lipinski definition) is 0. The van der Waals surface area contributed by atoms with E-state index in [1.54, 1.807) is 0 Å². The van der Waals surface area contributed by atoms with Gasteiger partial charge in [0.2, 0.25) is 0 Å². The van der Waals surface area contributed by atoms with Gasteiger partial charge in [-0.2, -0.15) is 0 Å². The zero-order valence-corrected chi connectivity index (χ0v) is 11.8. The molecule has 0 fully saturated rings. The van der Waals surface area contributed by atoms with Gasteiger partial charge in [0, 0.05) is 17.4 Å². The zero-order chi connectivity index (χ0) is 13.5. The summed E-state index contributed by atoms with van der Waals surface area (Å²) in [5, 5.41) is 1.05. The second-order valence-electron chi connectivity index (χ2n) is 5.81. The zero-order valence-electron chi connectivity index (χ0n) is 11.8. The molecule has 0 aliphatic rings. The maximum atomic E-state index is 11.8. The number of aryl methyl sites for hydroxylation is 1. The molecule has 0 radical (unpaired) electrons. The Kier molecular flexibility index (Phi) is 3.05. The van der Waals surface area contributed by atoms with Gasteiger partial charge in [-0.25, -0.2) is 0 Å². The van der Waals surface area contributed by atoms with Crippen LogP contribution in [0.25, 0.3) is 11.0 Å². The highest BCUT2D eigenvalue weighted by molar-refractivity contribution is 5.98. The van der Waals surface area contributed by atoms with Crippen LogP contribution in [0.15, 0.2) is 22.6 Å². The molecule has 0 spiro atoms. The summed E-state index contributed by atoms with van der Waals surface area (Å²) >= 11 is 0. The Balaban J connectivity index is 2.73. The first-order valence-electron chi connectivity index (χ1n) is 6.41. The molecule has 1 heterocycles. The molecule has 2 rings (SSSR count). The molecule has 0 bridgehead atoms. The van der Waals surface area contributed by atoms with Crippen LogP contribution >= 0.6 is 0 Å². The summed E-state index contributed by atoms with van der Waals surface area (Å²) < 4.78 is 5.81. The fourth-order valence-electron chi connectivity index (χ4n) is 2.16. The lowest BCUT2D eigenvalue weighted by Gasteiger charge is -2.19. The second kappa shape index (κ2) is 4.27. The summed E-state index contributed by atoms with van der Waals surface area (Å²) in [4.78, 5) is 11.8. The Labute approximate surface area is 108 Å². The second-order valence-corrected chi connectivity index (χ2v) is 5.81. The lowest BCUT2D eigenvalue weighted by Crippen LogP contribution is -2.11. The summed E-state index contributed by atoms with van der Waals surface area (Å²) in [7, 11) is 0. The van der Waals surface area contributed by atoms with Gasteiger partial charge in [0.25, 0.3) is 0 Å². The van der Waals surface area contributed by atoms with Gasteiger partial charge < -0.3 is 4.42 Å². The minimum Gasteiger partial charge on any atom is -0.453 e. The molecule has 0 saturated heterocycles. The van der Waals surface area contributed by atoms with E-state index in [1.165, 1.54) is 0 Å². The summed E-state index contributed by atoms with van der Waals surface area (Å²) in [5.74, 6) is 0.540. The lowest BCUT2D eigenvalue weighted by atomic mass is 9.85. The van der Waals surface area contributed by atoms with E-state index < -0.39 is 0 Å². The van der Waals surface area contributed by atoms with Crippen molar-refractivity contribution in [3.8, 4) is 0 Å². The van der Waals surface area contributed by atoms with Gasteiger partial charge in [-0.05, 0) is 24.0 Å². The highest BCUT2D eigenvalue weighted by Gasteiger charge is 2.21. The molecule has 0 amide bonds. The average molecular weight is 244 g/mol. The monoisotopic (exact) mass is 244 g/mol. The maximum Gasteiger partial charge on any atom is 0.197 e. The molecule has 0 unspecified atom stereocenters. The number of hydrogen-bond acceptors (Lipinski definition) is 2. The third-order valence-corrected chi connectivity index (χ3v) is 3.31. The molecular weight excluding hydrogens is 224 g/mol. The Morgan fingerprint density at radius 3 is 2.50 bits per heavy atom. The molecule has 0 saturated carbocycles. The predicted octanol–water partition coefficient (Wildman–Crippen LogP) is 4.63. The molecule has 0 atom stereocenters. The van der Waals surface area contributed by atoms with Crippen molar-refractivity contribution in [1.29, 1.82) is 0 Å². The van der Waals surface area contributed by atoms with Crippen molar-refractivity contribution in [2.45, 2.75) is 46.5 Å². The molecule has 0 aliphatic carbocycles. The van der Waals surface area contributed by atoms with E-state index in [9.17, 15) is 4.79 Å². The molecule has 96 valence electrons. The Hall–Kier alpha value is -1.57. The van der Waals surface area contributed by atoms with Gasteiger partial charge in [-0.3, -0.25) is 4.79 Å². The van der Waals surface area contributed by atoms with Gasteiger partial charge >= 0.3 is 0 Å². The van der Waals surface area contributed by atoms with Gasteiger partial charge in [0.15, 0.2) is 11.5 Å². The first-order chi connectivity index (χ1) is 8.34. The van der Waals surface area contributed by atoms with Crippen molar-refractivity contribution in [2.24, 2.45) is 0 Å². The van der Waals surface area contributed by atoms with Crippen LogP contribution in [0.1, 0.15) is 55.8 Å². The lowest BCUT2D eigenvalue weighted by molar-refractivity contribution is 0.0963. The highest BCUT2D eigenvalue weighted by Crippen LogP contribution is 2.33. The number of benzene rings is 1. The van der Waals surface area contributed by atoms with Crippen LogP contribution in [0.3, 0.4) is 0 Å². The normalized spacial score (nSPS) is 12.1. The largest absolute Gasteiger partial charge is 0.453 e. The van der Waals surface area contributed by atoms with E-state index >= 15 is 0 Å². The summed E-state index contributed by atoms with van der Waals surface area (Å²) in [6, 6.07) is 6.08. The van der Waals surface area contributed by atoms with E-state index in [0.717, 1.165) is 22.1 Å². The number of Topliss-reactive ketones (excluding diaryl/α,β-unsaturated/α-hetero) is 1. The maximum absolute atomic E-state index is 11.8. The number of furan rings is 1. The van der Waals surface area contributed by atoms with Crippen LogP contribution in [0.4, 0.5) is 0 Å². The number of carbonyl (C=O) groups excluding carboxylic acids is 1. The van der Waals surface area contributed by atoms with Crippen molar-refractivity contribution in [2.75, 3.05) is 0 Å². The van der Waals surface area contributed by atoms with Crippen LogP contribution in [-0.4, -0.2) is 5.78 Å². The van der Waals surface area contributed by atoms with E-state index in [0.29, 0.717) is 12.2 Å². The average Bonchev–Trinajstić information content (AvgIpc) is 2.72. The van der Waals surface area contributed by atoms with E-state index in [2.05, 4.69) is 32.9 Å². The van der Waals surface area contributed by atoms with Crippen LogP contribution < -0.4 is 0 Å². The molecule has 1 aromatic carbocycles. The Morgan fingerprint density at radius 1 is 1.28 bits per heavy atom. The van der Waals surface area contributed by atoms with Crippen LogP contribution in [0.5, 0.6) is 0 Å². The molecule has 1 aromatic heterocycles. The minimum absolute atomic E-state index is 0.0103. The number of rotatable bonds is 2. The number of ketones is 1. The van der Waals surface area contributed by atoms with Crippen LogP contribution in [0.2, 0.25) is 0 Å². The van der Waals surface area contributed by atoms with Crippen molar-refractivity contribution in [3.05, 3.63) is 35.1 Å². The molecule has 0 N–H and O–H groups in total. The van der Waals surface area contributed by atoms with Crippen molar-refractivity contribution < 1.29 is 9.21 Å². The van der Waals surface area contributed by atoms with Crippen LogP contribution in [0, 0.1) is 6.92 Å². The molecule has 0 aliphatic heterocycles. The predicted molar refractivity (Wildman–Crippen MR) is 74.3 cm³/mol. The summed E-state index contributed by atoms with van der Waals surface area (Å²) in [5.41, 5.74) is 3.17. The third-order valence-electron chi connectivity index (χ3n) is 3.31. The molecule has 18 heavy (non-hydrogen) atoms. The van der Waals surface area contributed by atoms with E-state index in [4.69, 9.17) is 4.42 Å². The number of carbonyl (C=O) groups is 1. The van der Waals surface area contributed by atoms with Gasteiger partial charge in [0.1, 0.15) is 5.58 Å². The minimum atomic E-state index is 0.0103. The Morgan fingerprint density at radius 2 is 1.94 bits per heavy atom. The van der Waals surface area contributed by atoms with Crippen molar-refractivity contribution in [1.82, 2.24) is 0 Å². The fourth-order valence-corrected chi connectivity index (χ4v) is 2.16. The SMILES string of the molecule is CCC(=O)c1cc2c(C)ccc(C(C)(C)C)c2o1. The van der Waals surface area contributed by atoms with E-state index in [1.807, 2.05) is 19.9 Å². The first kappa shape index (κ1) is 12.9. The third kappa shape index (κ3) is 2.07. The van der Waals surface area contributed by atoms with Gasteiger partial charge in [0.05, 0.1) is 0 Å². The Bertz CT molecular complexity index is 597. The first-order valence-corrected chi connectivity index (χ1v) is 6.41. The van der Waals surface area contributed by atoms with Crippen LogP contribution in [-0.2, 0) is 5.41 Å². The molecule has 2 heteroatoms.